The molecule has 2 aliphatic rings. The van der Waals surface area contributed by atoms with Gasteiger partial charge >= 0.3 is 6.09 Å². The van der Waals surface area contributed by atoms with E-state index in [0.29, 0.717) is 19.1 Å². The molecule has 2 heterocycles. The summed E-state index contributed by atoms with van der Waals surface area (Å²) in [5.41, 5.74) is -0.340. The van der Waals surface area contributed by atoms with E-state index < -0.39 is 0 Å². The lowest BCUT2D eigenvalue weighted by Crippen LogP contribution is -2.38. The molecule has 0 aromatic carbocycles. The molecular formula is C8H13NO3. The normalized spacial score (nSPS) is 41.1. The van der Waals surface area contributed by atoms with Crippen molar-refractivity contribution in [2.75, 3.05) is 19.8 Å². The molecule has 0 radical (unpaired) electrons. The topological polar surface area (TPSA) is 47.6 Å². The minimum absolute atomic E-state index is 0.301. The van der Waals surface area contributed by atoms with Crippen molar-refractivity contribution in [2.45, 2.75) is 18.9 Å². The number of carbonyl (C=O) groups excluding carboxylic acids is 1. The van der Waals surface area contributed by atoms with Gasteiger partial charge in [0, 0.05) is 12.5 Å². The predicted molar refractivity (Wildman–Crippen MR) is 41.8 cm³/mol. The SMILES string of the molecule is CC1(C2CCOC2)CNC(=O)O1. The summed E-state index contributed by atoms with van der Waals surface area (Å²) in [6.07, 6.45) is 0.690. The lowest BCUT2D eigenvalue weighted by molar-refractivity contribution is 0.0169. The van der Waals surface area contributed by atoms with E-state index in [0.717, 1.165) is 13.0 Å². The Balaban J connectivity index is 2.05. The van der Waals surface area contributed by atoms with Crippen LogP contribution < -0.4 is 5.32 Å². The van der Waals surface area contributed by atoms with E-state index in [1.54, 1.807) is 0 Å². The van der Waals surface area contributed by atoms with Gasteiger partial charge in [-0.2, -0.15) is 0 Å². The number of alkyl carbamates (subject to hydrolysis) is 1. The van der Waals surface area contributed by atoms with Gasteiger partial charge in [-0.1, -0.05) is 0 Å². The summed E-state index contributed by atoms with van der Waals surface area (Å²) in [7, 11) is 0. The zero-order chi connectivity index (χ0) is 8.60. The number of hydrogen-bond donors (Lipinski definition) is 1. The molecule has 0 spiro atoms. The predicted octanol–water partition coefficient (Wildman–Crippen LogP) is 0.521. The molecule has 2 rings (SSSR count). The molecule has 0 aliphatic carbocycles. The van der Waals surface area contributed by atoms with Crippen LogP contribution in [-0.2, 0) is 9.47 Å². The number of carbonyl (C=O) groups is 1. The fraction of sp³-hybridized carbons (Fsp3) is 0.875. The van der Waals surface area contributed by atoms with Gasteiger partial charge < -0.3 is 14.8 Å². The molecule has 0 saturated carbocycles. The second-order valence-electron chi connectivity index (χ2n) is 3.62. The highest BCUT2D eigenvalue weighted by Gasteiger charge is 2.44. The Morgan fingerprint density at radius 3 is 3.00 bits per heavy atom. The molecule has 1 N–H and O–H groups in total. The Hall–Kier alpha value is -0.770. The van der Waals surface area contributed by atoms with Crippen LogP contribution in [0, 0.1) is 5.92 Å². The van der Waals surface area contributed by atoms with Crippen LogP contribution in [0.5, 0.6) is 0 Å². The van der Waals surface area contributed by atoms with Gasteiger partial charge in [0.05, 0.1) is 13.2 Å². The number of hydrogen-bond acceptors (Lipinski definition) is 3. The summed E-state index contributed by atoms with van der Waals surface area (Å²) >= 11 is 0. The Labute approximate surface area is 71.2 Å². The average Bonchev–Trinajstić information content (AvgIpc) is 2.59. The molecule has 4 nitrogen and oxygen atoms in total. The Kier molecular flexibility index (Phi) is 1.72. The maximum Gasteiger partial charge on any atom is 0.407 e. The molecule has 0 bridgehead atoms. The van der Waals surface area contributed by atoms with Gasteiger partial charge in [-0.3, -0.25) is 0 Å². The molecule has 0 aromatic rings. The van der Waals surface area contributed by atoms with Crippen molar-refractivity contribution in [3.05, 3.63) is 0 Å². The van der Waals surface area contributed by atoms with Gasteiger partial charge in [0.15, 0.2) is 0 Å². The third-order valence-electron chi connectivity index (χ3n) is 2.70. The quantitative estimate of drug-likeness (QED) is 0.625. The number of ether oxygens (including phenoxy) is 2. The summed E-state index contributed by atoms with van der Waals surface area (Å²) < 4.78 is 10.5. The maximum atomic E-state index is 10.8. The first-order valence-corrected chi connectivity index (χ1v) is 4.25. The highest BCUT2D eigenvalue weighted by atomic mass is 16.6. The molecule has 2 unspecified atom stereocenters. The summed E-state index contributed by atoms with van der Waals surface area (Å²) in [5.74, 6) is 0.358. The second kappa shape index (κ2) is 2.62. The lowest BCUT2D eigenvalue weighted by atomic mass is 9.89. The smallest absolute Gasteiger partial charge is 0.407 e. The zero-order valence-electron chi connectivity index (χ0n) is 7.13. The zero-order valence-corrected chi connectivity index (χ0v) is 7.13. The monoisotopic (exact) mass is 171 g/mol. The second-order valence-corrected chi connectivity index (χ2v) is 3.62. The van der Waals surface area contributed by atoms with Crippen molar-refractivity contribution < 1.29 is 14.3 Å². The van der Waals surface area contributed by atoms with Crippen molar-refractivity contribution in [2.24, 2.45) is 5.92 Å². The van der Waals surface area contributed by atoms with Crippen molar-refractivity contribution in [1.82, 2.24) is 5.32 Å². The maximum absolute atomic E-state index is 10.8. The standard InChI is InChI=1S/C8H13NO3/c1-8(5-9-7(10)12-8)6-2-3-11-4-6/h6H,2-5H2,1H3,(H,9,10). The Morgan fingerprint density at radius 1 is 1.67 bits per heavy atom. The average molecular weight is 171 g/mol. The van der Waals surface area contributed by atoms with Gasteiger partial charge in [-0.15, -0.1) is 0 Å². The lowest BCUT2D eigenvalue weighted by Gasteiger charge is -2.26. The molecule has 2 saturated heterocycles. The third kappa shape index (κ3) is 1.16. The van der Waals surface area contributed by atoms with E-state index in [9.17, 15) is 4.79 Å². The van der Waals surface area contributed by atoms with Gasteiger partial charge in [0.2, 0.25) is 0 Å². The molecule has 2 aliphatic heterocycles. The summed E-state index contributed by atoms with van der Waals surface area (Å²) in [5, 5.41) is 2.67. The van der Waals surface area contributed by atoms with Crippen molar-refractivity contribution in [3.63, 3.8) is 0 Å². The van der Waals surface area contributed by atoms with Gasteiger partial charge in [-0.25, -0.2) is 4.79 Å². The van der Waals surface area contributed by atoms with Gasteiger partial charge in [-0.05, 0) is 13.3 Å². The van der Waals surface area contributed by atoms with Crippen LogP contribution in [0.3, 0.4) is 0 Å². The minimum Gasteiger partial charge on any atom is -0.441 e. The van der Waals surface area contributed by atoms with Crippen molar-refractivity contribution >= 4 is 6.09 Å². The summed E-state index contributed by atoms with van der Waals surface area (Å²) in [6, 6.07) is 0. The molecule has 12 heavy (non-hydrogen) atoms. The molecule has 4 heteroatoms. The van der Waals surface area contributed by atoms with E-state index >= 15 is 0 Å². The van der Waals surface area contributed by atoms with Crippen LogP contribution in [0.15, 0.2) is 0 Å². The number of nitrogens with one attached hydrogen (secondary N) is 1. The third-order valence-corrected chi connectivity index (χ3v) is 2.70. The van der Waals surface area contributed by atoms with Crippen LogP contribution >= 0.6 is 0 Å². The number of amides is 1. The van der Waals surface area contributed by atoms with E-state index in [2.05, 4.69) is 5.32 Å². The van der Waals surface area contributed by atoms with Crippen LogP contribution in [0.2, 0.25) is 0 Å². The molecule has 2 atom stereocenters. The Bertz CT molecular complexity index is 200. The largest absolute Gasteiger partial charge is 0.441 e. The summed E-state index contributed by atoms with van der Waals surface area (Å²) in [4.78, 5) is 10.8. The van der Waals surface area contributed by atoms with Crippen LogP contribution in [0.4, 0.5) is 4.79 Å². The van der Waals surface area contributed by atoms with Crippen LogP contribution in [-0.4, -0.2) is 31.5 Å². The highest BCUT2D eigenvalue weighted by Crippen LogP contribution is 2.31. The first-order valence-electron chi connectivity index (χ1n) is 4.25. The highest BCUT2D eigenvalue weighted by molar-refractivity contribution is 5.70. The molecule has 0 aromatic heterocycles. The summed E-state index contributed by atoms with van der Waals surface area (Å²) in [6.45, 7) is 4.08. The molecule has 68 valence electrons. The van der Waals surface area contributed by atoms with E-state index in [1.807, 2.05) is 6.92 Å². The van der Waals surface area contributed by atoms with Gasteiger partial charge in [0.25, 0.3) is 0 Å². The van der Waals surface area contributed by atoms with E-state index in [4.69, 9.17) is 9.47 Å². The first kappa shape index (κ1) is 7.86. The molecule has 2 fully saturated rings. The van der Waals surface area contributed by atoms with Crippen molar-refractivity contribution in [3.8, 4) is 0 Å². The first-order chi connectivity index (χ1) is 5.71. The molecular weight excluding hydrogens is 158 g/mol. The minimum atomic E-state index is -0.340. The van der Waals surface area contributed by atoms with Crippen LogP contribution in [0.1, 0.15) is 13.3 Å². The number of rotatable bonds is 1. The van der Waals surface area contributed by atoms with E-state index in [1.165, 1.54) is 0 Å². The number of cyclic esters (lactones) is 1. The fourth-order valence-corrected chi connectivity index (χ4v) is 1.78. The van der Waals surface area contributed by atoms with E-state index in [-0.39, 0.29) is 11.7 Å². The van der Waals surface area contributed by atoms with Crippen LogP contribution in [0.25, 0.3) is 0 Å². The van der Waals surface area contributed by atoms with Crippen molar-refractivity contribution in [1.29, 1.82) is 0 Å². The Morgan fingerprint density at radius 2 is 2.50 bits per heavy atom. The molecule has 1 amide bonds. The fourth-order valence-electron chi connectivity index (χ4n) is 1.78. The van der Waals surface area contributed by atoms with Gasteiger partial charge in [0.1, 0.15) is 5.60 Å².